The van der Waals surface area contributed by atoms with Crippen molar-refractivity contribution in [2.75, 3.05) is 13.7 Å². The van der Waals surface area contributed by atoms with Crippen LogP contribution in [0.25, 0.3) is 0 Å². The fraction of sp³-hybridized carbons (Fsp3) is 0.353. The molecule has 1 aromatic heterocycles. The van der Waals surface area contributed by atoms with Gasteiger partial charge in [0.05, 0.1) is 12.7 Å². The number of carbonyl (C=O) groups excluding carboxylic acids is 1. The summed E-state index contributed by atoms with van der Waals surface area (Å²) < 4.78 is 11.6. The van der Waals surface area contributed by atoms with Gasteiger partial charge < -0.3 is 25.0 Å². The Balaban J connectivity index is 1.70. The van der Waals surface area contributed by atoms with Gasteiger partial charge in [-0.25, -0.2) is 4.79 Å². The lowest BCUT2D eigenvalue weighted by molar-refractivity contribution is -0.0387. The van der Waals surface area contributed by atoms with Crippen LogP contribution in [-0.4, -0.2) is 57.6 Å². The smallest absolute Gasteiger partial charge is 0.330 e. The van der Waals surface area contributed by atoms with Gasteiger partial charge >= 0.3 is 5.69 Å². The van der Waals surface area contributed by atoms with Crippen molar-refractivity contribution in [3.8, 4) is 5.75 Å². The van der Waals surface area contributed by atoms with E-state index < -0.39 is 41.7 Å². The molecule has 0 radical (unpaired) electrons. The van der Waals surface area contributed by atoms with Crippen molar-refractivity contribution in [2.24, 2.45) is 0 Å². The zero-order valence-electron chi connectivity index (χ0n) is 14.4. The molecule has 144 valence electrons. The minimum Gasteiger partial charge on any atom is -0.496 e. The summed E-state index contributed by atoms with van der Waals surface area (Å²) in [6.07, 6.45) is -3.74. The zero-order valence-corrected chi connectivity index (χ0v) is 14.4. The van der Waals surface area contributed by atoms with Gasteiger partial charge in [0.25, 0.3) is 11.5 Å². The standard InChI is InChI=1S/C17H19N3O7/c1-26-10-5-3-2-4-9(10)15(24)18-8-11-13(22)14(23)16(27-11)20-7-6-12(21)19-17(20)25/h2-7,11,13-14,16,22-23H,8H2,1H3,(H,18,24)(H,19,21,25)/t11-,13-,14-,16-/m1/s1. The van der Waals surface area contributed by atoms with Crippen molar-refractivity contribution in [3.05, 3.63) is 62.9 Å². The van der Waals surface area contributed by atoms with Crippen molar-refractivity contribution in [1.29, 1.82) is 0 Å². The molecular formula is C17H19N3O7. The maximum Gasteiger partial charge on any atom is 0.330 e. The molecule has 0 saturated carbocycles. The second-order valence-electron chi connectivity index (χ2n) is 5.97. The van der Waals surface area contributed by atoms with Gasteiger partial charge in [-0.15, -0.1) is 0 Å². The highest BCUT2D eigenvalue weighted by Crippen LogP contribution is 2.28. The molecule has 1 fully saturated rings. The lowest BCUT2D eigenvalue weighted by Gasteiger charge is -2.17. The van der Waals surface area contributed by atoms with E-state index in [-0.39, 0.29) is 6.54 Å². The Hall–Kier alpha value is -2.95. The number of hydrogen-bond acceptors (Lipinski definition) is 7. The highest BCUT2D eigenvalue weighted by molar-refractivity contribution is 5.96. The molecule has 0 unspecified atom stereocenters. The molecule has 1 saturated heterocycles. The van der Waals surface area contributed by atoms with Crippen LogP contribution in [-0.2, 0) is 4.74 Å². The SMILES string of the molecule is COc1ccccc1C(=O)NC[C@H]1O[C@@H](n2ccc(=O)[nH]c2=O)[C@H](O)[C@@H]1O. The maximum absolute atomic E-state index is 12.3. The fourth-order valence-electron chi connectivity index (χ4n) is 2.88. The molecule has 1 aliphatic heterocycles. The van der Waals surface area contributed by atoms with Crippen LogP contribution in [0, 0.1) is 0 Å². The monoisotopic (exact) mass is 377 g/mol. The van der Waals surface area contributed by atoms with E-state index >= 15 is 0 Å². The second kappa shape index (κ2) is 7.74. The maximum atomic E-state index is 12.3. The lowest BCUT2D eigenvalue weighted by atomic mass is 10.1. The van der Waals surface area contributed by atoms with Crippen LogP contribution in [0.2, 0.25) is 0 Å². The first-order valence-corrected chi connectivity index (χ1v) is 8.16. The largest absolute Gasteiger partial charge is 0.496 e. The third-order valence-corrected chi connectivity index (χ3v) is 4.28. The third kappa shape index (κ3) is 3.77. The first kappa shape index (κ1) is 18.8. The number of amides is 1. The van der Waals surface area contributed by atoms with Crippen molar-refractivity contribution >= 4 is 5.91 Å². The zero-order chi connectivity index (χ0) is 19.6. The number of carbonyl (C=O) groups is 1. The molecule has 4 N–H and O–H groups in total. The molecule has 0 bridgehead atoms. The van der Waals surface area contributed by atoms with Crippen molar-refractivity contribution in [2.45, 2.75) is 24.5 Å². The van der Waals surface area contributed by atoms with Crippen LogP contribution < -0.4 is 21.3 Å². The Kier molecular flexibility index (Phi) is 5.40. The highest BCUT2D eigenvalue weighted by Gasteiger charge is 2.44. The molecule has 3 rings (SSSR count). The van der Waals surface area contributed by atoms with Crippen LogP contribution in [0.1, 0.15) is 16.6 Å². The van der Waals surface area contributed by atoms with Gasteiger partial charge in [-0.3, -0.25) is 19.1 Å². The first-order valence-electron chi connectivity index (χ1n) is 8.16. The molecule has 10 heteroatoms. The molecule has 0 aliphatic carbocycles. The molecule has 2 heterocycles. The number of methoxy groups -OCH3 is 1. The van der Waals surface area contributed by atoms with Crippen molar-refractivity contribution < 1.29 is 24.5 Å². The van der Waals surface area contributed by atoms with Gasteiger partial charge in [-0.2, -0.15) is 0 Å². The van der Waals surface area contributed by atoms with E-state index in [0.717, 1.165) is 16.8 Å². The Morgan fingerprint density at radius 3 is 2.70 bits per heavy atom. The number of aromatic nitrogens is 2. The van der Waals surface area contributed by atoms with Crippen molar-refractivity contribution in [1.82, 2.24) is 14.9 Å². The number of aromatic amines is 1. The van der Waals surface area contributed by atoms with Crippen LogP contribution in [0.3, 0.4) is 0 Å². The molecule has 10 nitrogen and oxygen atoms in total. The van der Waals surface area contributed by atoms with E-state index in [0.29, 0.717) is 11.3 Å². The summed E-state index contributed by atoms with van der Waals surface area (Å²) in [6.45, 7) is -0.107. The fourth-order valence-corrected chi connectivity index (χ4v) is 2.88. The number of aliphatic hydroxyl groups excluding tert-OH is 2. The average Bonchev–Trinajstić information content (AvgIpc) is 2.94. The number of benzene rings is 1. The van der Waals surface area contributed by atoms with Gasteiger partial charge in [-0.05, 0) is 12.1 Å². The molecule has 0 spiro atoms. The Labute approximate surface area is 153 Å². The number of hydrogen-bond donors (Lipinski definition) is 4. The minimum absolute atomic E-state index is 0.107. The Bertz CT molecular complexity index is 938. The predicted molar refractivity (Wildman–Crippen MR) is 92.6 cm³/mol. The summed E-state index contributed by atoms with van der Waals surface area (Å²) >= 11 is 0. The topological polar surface area (TPSA) is 143 Å². The molecule has 2 aromatic rings. The van der Waals surface area contributed by atoms with E-state index in [4.69, 9.17) is 9.47 Å². The number of aliphatic hydroxyl groups is 2. The molecule has 1 aromatic carbocycles. The number of H-pyrrole nitrogens is 1. The molecular weight excluding hydrogens is 358 g/mol. The number of nitrogens with one attached hydrogen (secondary N) is 2. The average molecular weight is 377 g/mol. The number of ether oxygens (including phenoxy) is 2. The van der Waals surface area contributed by atoms with Gasteiger partial charge in [0.1, 0.15) is 24.1 Å². The van der Waals surface area contributed by atoms with Gasteiger partial charge in [0.2, 0.25) is 0 Å². The minimum atomic E-state index is -1.42. The summed E-state index contributed by atoms with van der Waals surface area (Å²) in [5.41, 5.74) is -1.07. The van der Waals surface area contributed by atoms with Gasteiger partial charge in [-0.1, -0.05) is 12.1 Å². The molecule has 27 heavy (non-hydrogen) atoms. The molecule has 1 amide bonds. The normalized spacial score (nSPS) is 24.6. The summed E-state index contributed by atoms with van der Waals surface area (Å²) in [7, 11) is 1.44. The molecule has 1 aliphatic rings. The van der Waals surface area contributed by atoms with Crippen molar-refractivity contribution in [3.63, 3.8) is 0 Å². The summed E-state index contributed by atoms with van der Waals surface area (Å²) in [5.74, 6) is -0.0528. The summed E-state index contributed by atoms with van der Waals surface area (Å²) in [6, 6.07) is 7.72. The van der Waals surface area contributed by atoms with Crippen LogP contribution >= 0.6 is 0 Å². The summed E-state index contributed by atoms with van der Waals surface area (Å²) in [5, 5.41) is 23.0. The van der Waals surface area contributed by atoms with Gasteiger partial charge in [0.15, 0.2) is 6.23 Å². The van der Waals surface area contributed by atoms with Crippen LogP contribution in [0.4, 0.5) is 0 Å². The second-order valence-corrected chi connectivity index (χ2v) is 5.97. The number of nitrogens with zero attached hydrogens (tertiary/aromatic N) is 1. The van der Waals surface area contributed by atoms with E-state index in [9.17, 15) is 24.6 Å². The Morgan fingerprint density at radius 1 is 1.26 bits per heavy atom. The Morgan fingerprint density at radius 2 is 2.00 bits per heavy atom. The lowest BCUT2D eigenvalue weighted by Crippen LogP contribution is -2.40. The van der Waals surface area contributed by atoms with E-state index in [1.807, 2.05) is 4.98 Å². The number of para-hydroxylation sites is 1. The first-order chi connectivity index (χ1) is 12.9. The quantitative estimate of drug-likeness (QED) is 0.501. The van der Waals surface area contributed by atoms with E-state index in [1.165, 1.54) is 7.11 Å². The summed E-state index contributed by atoms with van der Waals surface area (Å²) in [4.78, 5) is 37.4. The van der Waals surface area contributed by atoms with E-state index in [1.54, 1.807) is 24.3 Å². The molecule has 4 atom stereocenters. The number of rotatable bonds is 5. The highest BCUT2D eigenvalue weighted by atomic mass is 16.6. The predicted octanol–water partition coefficient (Wildman–Crippen LogP) is -1.41. The van der Waals surface area contributed by atoms with Crippen LogP contribution in [0.5, 0.6) is 5.75 Å². The van der Waals surface area contributed by atoms with E-state index in [2.05, 4.69) is 5.32 Å². The van der Waals surface area contributed by atoms with Crippen LogP contribution in [0.15, 0.2) is 46.1 Å². The van der Waals surface area contributed by atoms with Gasteiger partial charge in [0, 0.05) is 18.8 Å². The third-order valence-electron chi connectivity index (χ3n) is 4.28.